The second kappa shape index (κ2) is 11.1. The Hall–Kier alpha value is -3.73. The zero-order valence-corrected chi connectivity index (χ0v) is 25.1. The standard InChI is InChI=1S/C32H33F3N4O3S/c1-31(2,3)42-30(41)39-14-12-22(18-39)20-6-5-9-24(17-20)36-29(40)43-25-13-15-38(19-25)27-11-10-26(37-28(27)43)21-7-4-8-23(16-21)32(33,34)35/h4-11,16-17,22,25H,12-15,18-19H2,1-3H3/p+1/t22?,25-,43?/m0/s1. The van der Waals surface area contributed by atoms with Gasteiger partial charge in [0.1, 0.15) is 22.2 Å². The van der Waals surface area contributed by atoms with Gasteiger partial charge >= 0.3 is 17.5 Å². The van der Waals surface area contributed by atoms with Gasteiger partial charge in [0.15, 0.2) is 5.25 Å². The van der Waals surface area contributed by atoms with Crippen LogP contribution in [0.1, 0.15) is 50.7 Å². The molecule has 2 unspecified atom stereocenters. The number of halogens is 3. The number of nitrogens with one attached hydrogen (secondary N) is 1. The fourth-order valence-electron chi connectivity index (χ4n) is 5.96. The third-order valence-electron chi connectivity index (χ3n) is 8.00. The van der Waals surface area contributed by atoms with Crippen LogP contribution >= 0.6 is 0 Å². The second-order valence-electron chi connectivity index (χ2n) is 12.2. The summed E-state index contributed by atoms with van der Waals surface area (Å²) in [6.07, 6.45) is -3.14. The van der Waals surface area contributed by atoms with Crippen LogP contribution in [-0.2, 0) is 21.8 Å². The molecule has 0 aliphatic carbocycles. The molecule has 3 aliphatic heterocycles. The molecule has 2 amide bonds. The van der Waals surface area contributed by atoms with Crippen molar-refractivity contribution < 1.29 is 27.5 Å². The van der Waals surface area contributed by atoms with Gasteiger partial charge in [0.25, 0.3) is 5.03 Å². The summed E-state index contributed by atoms with van der Waals surface area (Å²) < 4.78 is 45.7. The number of alkyl halides is 3. The van der Waals surface area contributed by atoms with Gasteiger partial charge in [-0.2, -0.15) is 18.2 Å². The van der Waals surface area contributed by atoms with Crippen LogP contribution in [0, 0.1) is 0 Å². The molecule has 2 saturated heterocycles. The van der Waals surface area contributed by atoms with E-state index in [2.05, 4.69) is 10.2 Å². The average molecular weight is 612 g/mol. The maximum absolute atomic E-state index is 13.9. The molecule has 7 nitrogen and oxygen atoms in total. The van der Waals surface area contributed by atoms with Crippen LogP contribution in [0.2, 0.25) is 0 Å². The molecule has 2 fully saturated rings. The molecule has 0 saturated carbocycles. The van der Waals surface area contributed by atoms with E-state index < -0.39 is 28.2 Å². The number of carbonyl (C=O) groups is 2. The summed E-state index contributed by atoms with van der Waals surface area (Å²) in [6.45, 7) is 8.25. The first-order chi connectivity index (χ1) is 20.4. The molecule has 0 radical (unpaired) electrons. The van der Waals surface area contributed by atoms with Gasteiger partial charge in [-0.25, -0.2) is 9.59 Å². The van der Waals surface area contributed by atoms with Crippen molar-refractivity contribution in [1.82, 2.24) is 9.88 Å². The van der Waals surface area contributed by atoms with Crippen molar-refractivity contribution in [2.75, 3.05) is 36.4 Å². The van der Waals surface area contributed by atoms with E-state index in [0.717, 1.165) is 49.3 Å². The lowest BCUT2D eigenvalue weighted by Crippen LogP contribution is -2.40. The van der Waals surface area contributed by atoms with Gasteiger partial charge in [-0.3, -0.25) is 5.32 Å². The summed E-state index contributed by atoms with van der Waals surface area (Å²) >= 11 is 0. The molecule has 3 atom stereocenters. The van der Waals surface area contributed by atoms with Gasteiger partial charge in [0.2, 0.25) is 0 Å². The maximum Gasteiger partial charge on any atom is 0.441 e. The molecule has 0 spiro atoms. The van der Waals surface area contributed by atoms with Gasteiger partial charge in [0.05, 0.1) is 17.8 Å². The average Bonchev–Trinajstić information content (AvgIpc) is 3.61. The number of hydrogen-bond acceptors (Lipinski definition) is 5. The molecule has 2 aromatic carbocycles. The summed E-state index contributed by atoms with van der Waals surface area (Å²) in [6, 6.07) is 16.5. The number of anilines is 2. The van der Waals surface area contributed by atoms with Gasteiger partial charge in [-0.15, -0.1) is 0 Å². The quantitative estimate of drug-likeness (QED) is 0.315. The first-order valence-corrected chi connectivity index (χ1v) is 15.7. The maximum atomic E-state index is 13.9. The van der Waals surface area contributed by atoms with Crippen LogP contribution in [0.4, 0.5) is 34.1 Å². The van der Waals surface area contributed by atoms with Gasteiger partial charge in [0, 0.05) is 43.2 Å². The number of fused-ring (bicyclic) bond motifs is 4. The van der Waals surface area contributed by atoms with Gasteiger partial charge in [-0.1, -0.05) is 24.3 Å². The lowest BCUT2D eigenvalue weighted by atomic mass is 9.98. The van der Waals surface area contributed by atoms with Crippen LogP contribution in [0.25, 0.3) is 11.3 Å². The number of nitrogens with zero attached hydrogens (tertiary/aromatic N) is 3. The molecule has 11 heteroatoms. The normalized spacial score (nSPS) is 21.5. The van der Waals surface area contributed by atoms with Crippen molar-refractivity contribution in [3.63, 3.8) is 0 Å². The third kappa shape index (κ3) is 6.18. The van der Waals surface area contributed by atoms with Gasteiger partial charge in [-0.05, 0) is 69.2 Å². The number of hydrogen-bond donors (Lipinski definition) is 1. The fraction of sp³-hybridized carbons (Fsp3) is 0.406. The lowest BCUT2D eigenvalue weighted by molar-refractivity contribution is -0.137. The predicted octanol–water partition coefficient (Wildman–Crippen LogP) is 7.29. The summed E-state index contributed by atoms with van der Waals surface area (Å²) in [5.41, 5.74) is 2.05. The predicted molar refractivity (Wildman–Crippen MR) is 162 cm³/mol. The molecule has 3 aliphatic rings. The molecule has 43 heavy (non-hydrogen) atoms. The second-order valence-corrected chi connectivity index (χ2v) is 14.3. The number of ether oxygens (including phenoxy) is 1. The Morgan fingerprint density at radius 3 is 2.53 bits per heavy atom. The van der Waals surface area contributed by atoms with Crippen molar-refractivity contribution in [2.45, 2.75) is 61.6 Å². The van der Waals surface area contributed by atoms with Gasteiger partial charge < -0.3 is 14.5 Å². The van der Waals surface area contributed by atoms with Crippen molar-refractivity contribution in [2.24, 2.45) is 0 Å². The Morgan fingerprint density at radius 1 is 0.977 bits per heavy atom. The fourth-order valence-corrected chi connectivity index (χ4v) is 8.27. The Labute approximate surface area is 251 Å². The van der Waals surface area contributed by atoms with Crippen molar-refractivity contribution in [1.29, 1.82) is 0 Å². The number of benzene rings is 2. The number of rotatable bonds is 3. The van der Waals surface area contributed by atoms with Crippen LogP contribution in [0.5, 0.6) is 0 Å². The highest BCUT2D eigenvalue weighted by molar-refractivity contribution is 8.11. The molecule has 4 heterocycles. The Kier molecular flexibility index (Phi) is 7.56. The summed E-state index contributed by atoms with van der Waals surface area (Å²) in [7, 11) is -0.892. The SMILES string of the molecule is CC(C)(C)OC(=O)N1CCC(c2cccc(NC(=O)[S+]3c4nc(-c5cccc(C(F)(F)F)c5)ccc4N4CC[C@H]3C4)c2)C1. The van der Waals surface area contributed by atoms with E-state index in [4.69, 9.17) is 9.72 Å². The van der Waals surface area contributed by atoms with E-state index in [0.29, 0.717) is 35.1 Å². The van der Waals surface area contributed by atoms with E-state index in [1.54, 1.807) is 17.0 Å². The van der Waals surface area contributed by atoms with E-state index in [1.165, 1.54) is 6.07 Å². The Balaban J connectivity index is 1.22. The molecule has 2 bridgehead atoms. The highest BCUT2D eigenvalue weighted by Crippen LogP contribution is 2.42. The zero-order valence-electron chi connectivity index (χ0n) is 24.3. The minimum Gasteiger partial charge on any atom is -0.444 e. The number of carbonyl (C=O) groups excluding carboxylic acids is 2. The van der Waals surface area contributed by atoms with Crippen LogP contribution in [-0.4, -0.2) is 58.2 Å². The van der Waals surface area contributed by atoms with E-state index in [1.807, 2.05) is 51.1 Å². The smallest absolute Gasteiger partial charge is 0.441 e. The van der Waals surface area contributed by atoms with Crippen molar-refractivity contribution in [3.05, 3.63) is 71.8 Å². The zero-order chi connectivity index (χ0) is 30.5. The minimum atomic E-state index is -4.46. The molecule has 226 valence electrons. The first kappa shape index (κ1) is 29.3. The van der Waals surface area contributed by atoms with Crippen molar-refractivity contribution in [3.8, 4) is 11.3 Å². The summed E-state index contributed by atoms with van der Waals surface area (Å²) in [5.74, 6) is 0.127. The number of aromatic nitrogens is 1. The molecule has 3 aromatic rings. The summed E-state index contributed by atoms with van der Waals surface area (Å²) in [4.78, 5) is 35.2. The number of pyridine rings is 1. The summed E-state index contributed by atoms with van der Waals surface area (Å²) in [5, 5.41) is 3.67. The highest BCUT2D eigenvalue weighted by atomic mass is 32.2. The molecule has 6 rings (SSSR count). The van der Waals surface area contributed by atoms with Crippen molar-refractivity contribution >= 4 is 33.6 Å². The van der Waals surface area contributed by atoms with Crippen LogP contribution < -0.4 is 10.2 Å². The van der Waals surface area contributed by atoms with Crippen LogP contribution in [0.3, 0.4) is 0 Å². The molecule has 1 aromatic heterocycles. The third-order valence-corrected chi connectivity index (χ3v) is 10.3. The van der Waals surface area contributed by atoms with E-state index in [-0.39, 0.29) is 22.5 Å². The molecular formula is C32H34F3N4O3S+. The topological polar surface area (TPSA) is 74.8 Å². The monoisotopic (exact) mass is 611 g/mol. The number of likely N-dealkylation sites (tertiary alicyclic amines) is 1. The van der Waals surface area contributed by atoms with Crippen LogP contribution in [0.15, 0.2) is 65.7 Å². The van der Waals surface area contributed by atoms with E-state index >= 15 is 0 Å². The largest absolute Gasteiger partial charge is 0.444 e. The first-order valence-electron chi connectivity index (χ1n) is 14.4. The highest BCUT2D eigenvalue weighted by Gasteiger charge is 2.52. The number of amides is 2. The molecular weight excluding hydrogens is 577 g/mol. The Bertz CT molecular complexity index is 1560. The Morgan fingerprint density at radius 2 is 1.77 bits per heavy atom. The lowest BCUT2D eigenvalue weighted by Gasteiger charge is -2.25. The minimum absolute atomic E-state index is 0.0807. The molecule has 1 N–H and O–H groups in total. The van der Waals surface area contributed by atoms with E-state index in [9.17, 15) is 22.8 Å².